The van der Waals surface area contributed by atoms with Crippen LogP contribution in [0.1, 0.15) is 49.9 Å². The lowest BCUT2D eigenvalue weighted by Gasteiger charge is -2.23. The van der Waals surface area contributed by atoms with Crippen molar-refractivity contribution < 1.29 is 0 Å². The Hall–Kier alpha value is -7.68. The van der Waals surface area contributed by atoms with E-state index in [0.717, 1.165) is 10.8 Å². The van der Waals surface area contributed by atoms with Gasteiger partial charge < -0.3 is 0 Å². The minimum Gasteiger partial charge on any atom is -0.264 e. The average Bonchev–Trinajstić information content (AvgIpc) is 3.71. The summed E-state index contributed by atoms with van der Waals surface area (Å²) in [4.78, 5) is 9.49. The fraction of sp³-hybridized carbons (Fsp3) is 0.0968. The van der Waals surface area contributed by atoms with E-state index in [2.05, 4.69) is 210 Å². The minimum absolute atomic E-state index is 0.0875. The van der Waals surface area contributed by atoms with Gasteiger partial charge in [-0.25, -0.2) is 0 Å². The predicted octanol–water partition coefficient (Wildman–Crippen LogP) is 16.4. The molecule has 0 radical (unpaired) electrons. The molecule has 2 aromatic heterocycles. The Balaban J connectivity index is 0.967. The van der Waals surface area contributed by atoms with Crippen molar-refractivity contribution in [3.05, 3.63) is 217 Å². The molecule has 64 heavy (non-hydrogen) atoms. The molecule has 0 saturated heterocycles. The van der Waals surface area contributed by atoms with Gasteiger partial charge >= 0.3 is 0 Å². The predicted molar refractivity (Wildman–Crippen MR) is 269 cm³/mol. The summed E-state index contributed by atoms with van der Waals surface area (Å²) in [5, 5.41) is 9.64. The van der Waals surface area contributed by atoms with Crippen LogP contribution in [-0.4, -0.2) is 9.97 Å². The van der Waals surface area contributed by atoms with Crippen LogP contribution in [0.3, 0.4) is 0 Å². The van der Waals surface area contributed by atoms with Gasteiger partial charge in [-0.15, -0.1) is 0 Å². The molecule has 0 bridgehead atoms. The highest BCUT2D eigenvalue weighted by Gasteiger charge is 2.37. The number of fused-ring (bicyclic) bond motifs is 10. The summed E-state index contributed by atoms with van der Waals surface area (Å²) in [7, 11) is 0. The van der Waals surface area contributed by atoms with E-state index in [-0.39, 0.29) is 10.8 Å². The third kappa shape index (κ3) is 5.08. The highest BCUT2D eigenvalue weighted by Crippen LogP contribution is 2.53. The Bertz CT molecular complexity index is 3410. The molecule has 0 spiro atoms. The topological polar surface area (TPSA) is 25.8 Å². The van der Waals surface area contributed by atoms with E-state index in [9.17, 15) is 0 Å². The van der Waals surface area contributed by atoms with Crippen molar-refractivity contribution in [2.75, 3.05) is 0 Å². The molecule has 2 heteroatoms. The molecular weight excluding hydrogens is 773 g/mol. The fourth-order valence-electron chi connectivity index (χ4n) is 11.8. The van der Waals surface area contributed by atoms with Gasteiger partial charge in [0.1, 0.15) is 0 Å². The summed E-state index contributed by atoms with van der Waals surface area (Å²) in [5.74, 6) is 0. The third-order valence-electron chi connectivity index (χ3n) is 14.9. The van der Waals surface area contributed by atoms with E-state index in [1.54, 1.807) is 0 Å². The zero-order valence-corrected chi connectivity index (χ0v) is 36.4. The highest BCUT2D eigenvalue weighted by molar-refractivity contribution is 6.23. The lowest BCUT2D eigenvalue weighted by molar-refractivity contribution is 0.660. The second-order valence-corrected chi connectivity index (χ2v) is 18.9. The van der Waals surface area contributed by atoms with E-state index in [1.165, 1.54) is 121 Å². The van der Waals surface area contributed by atoms with Gasteiger partial charge in [0.05, 0.1) is 0 Å². The Labute approximate surface area is 373 Å². The monoisotopic (exact) mass is 816 g/mol. The summed E-state index contributed by atoms with van der Waals surface area (Å²) in [6.45, 7) is 9.44. The molecule has 13 rings (SSSR count). The molecule has 0 fully saturated rings. The molecule has 0 saturated carbocycles. The van der Waals surface area contributed by atoms with Crippen LogP contribution in [0.25, 0.3) is 110 Å². The number of nitrogens with zero attached hydrogens (tertiary/aromatic N) is 2. The largest absolute Gasteiger partial charge is 0.264 e. The van der Waals surface area contributed by atoms with Crippen molar-refractivity contribution in [2.45, 2.75) is 38.5 Å². The second kappa shape index (κ2) is 13.4. The van der Waals surface area contributed by atoms with E-state index in [4.69, 9.17) is 9.97 Å². The molecule has 2 aliphatic rings. The number of hydrogen-bond acceptors (Lipinski definition) is 2. The molecule has 2 heterocycles. The molecule has 0 unspecified atom stereocenters. The van der Waals surface area contributed by atoms with E-state index in [0.29, 0.717) is 0 Å². The number of benzene rings is 9. The van der Waals surface area contributed by atoms with Crippen molar-refractivity contribution in [3.8, 4) is 66.8 Å². The van der Waals surface area contributed by atoms with Gasteiger partial charge in [0.25, 0.3) is 0 Å². The molecule has 302 valence electrons. The van der Waals surface area contributed by atoms with Crippen LogP contribution >= 0.6 is 0 Å². The Morgan fingerprint density at radius 3 is 1.00 bits per heavy atom. The van der Waals surface area contributed by atoms with Crippen molar-refractivity contribution >= 4 is 43.1 Å². The van der Waals surface area contributed by atoms with Crippen molar-refractivity contribution in [3.63, 3.8) is 0 Å². The molecule has 0 amide bonds. The zero-order chi connectivity index (χ0) is 42.9. The molecule has 0 atom stereocenters. The Kier molecular flexibility index (Phi) is 7.74. The summed E-state index contributed by atoms with van der Waals surface area (Å²) in [5.41, 5.74) is 20.4. The smallest absolute Gasteiger partial charge is 0.0353 e. The van der Waals surface area contributed by atoms with E-state index < -0.39 is 0 Å². The van der Waals surface area contributed by atoms with E-state index in [1.807, 2.05) is 12.4 Å². The summed E-state index contributed by atoms with van der Waals surface area (Å²) in [6.07, 6.45) is 8.01. The van der Waals surface area contributed by atoms with Gasteiger partial charge in [-0.2, -0.15) is 0 Å². The van der Waals surface area contributed by atoms with Gasteiger partial charge in [-0.05, 0) is 146 Å². The average molecular weight is 817 g/mol. The van der Waals surface area contributed by atoms with E-state index >= 15 is 0 Å². The first kappa shape index (κ1) is 36.9. The number of hydrogen-bond donors (Lipinski definition) is 0. The SMILES string of the molecule is CC1(C)c2ccccc2-c2ccc(-c3c4ccccc4c(-c4ccc(-c5c6ccccc6c(-c6ccc7c(c6)C(C)(C)c6ccccc6-7)c6ccncc56)cc4)c4cnccc34)cc21. The second-order valence-electron chi connectivity index (χ2n) is 18.9. The number of aromatic nitrogens is 2. The summed E-state index contributed by atoms with van der Waals surface area (Å²) in [6, 6.07) is 63.5. The van der Waals surface area contributed by atoms with Crippen LogP contribution in [0.15, 0.2) is 195 Å². The molecule has 2 nitrogen and oxygen atoms in total. The normalized spacial score (nSPS) is 14.2. The standard InChI is InChI=1S/C62H44N2/c1-61(2)53-19-11-9-13-41(53)43-27-25-39(33-55(43)61)59-47-17-7-5-15-45(47)57(51-35-63-31-29-49(51)59)37-21-23-38(24-22-37)58-46-16-6-8-18-48(46)60(50-30-32-64-36-52(50)58)40-26-28-44-42-14-10-12-20-54(42)62(3,4)56(44)34-40/h5-36H,1-4H3. The lowest BCUT2D eigenvalue weighted by atomic mass is 9.80. The zero-order valence-electron chi connectivity index (χ0n) is 36.4. The first-order valence-corrected chi connectivity index (χ1v) is 22.5. The minimum atomic E-state index is -0.0875. The van der Waals surface area contributed by atoms with Crippen LogP contribution in [0, 0.1) is 0 Å². The lowest BCUT2D eigenvalue weighted by Crippen LogP contribution is -2.14. The molecule has 0 N–H and O–H groups in total. The first-order valence-electron chi connectivity index (χ1n) is 22.5. The Morgan fingerprint density at radius 1 is 0.281 bits per heavy atom. The van der Waals surface area contributed by atoms with Gasteiger partial charge in [-0.1, -0.05) is 173 Å². The van der Waals surface area contributed by atoms with Crippen molar-refractivity contribution in [1.82, 2.24) is 9.97 Å². The van der Waals surface area contributed by atoms with Gasteiger partial charge in [-0.3, -0.25) is 9.97 Å². The fourth-order valence-corrected chi connectivity index (χ4v) is 11.8. The molecule has 2 aliphatic carbocycles. The van der Waals surface area contributed by atoms with Gasteiger partial charge in [0.15, 0.2) is 0 Å². The summed E-state index contributed by atoms with van der Waals surface area (Å²) >= 11 is 0. The maximum absolute atomic E-state index is 4.75. The number of rotatable bonds is 4. The van der Waals surface area contributed by atoms with Crippen LogP contribution in [0.4, 0.5) is 0 Å². The maximum atomic E-state index is 4.75. The maximum Gasteiger partial charge on any atom is 0.0353 e. The molecular formula is C62H44N2. The van der Waals surface area contributed by atoms with Crippen LogP contribution in [-0.2, 0) is 10.8 Å². The Morgan fingerprint density at radius 2 is 0.594 bits per heavy atom. The third-order valence-corrected chi connectivity index (χ3v) is 14.9. The van der Waals surface area contributed by atoms with Crippen LogP contribution in [0.2, 0.25) is 0 Å². The highest BCUT2D eigenvalue weighted by atomic mass is 14.6. The first-order chi connectivity index (χ1) is 31.3. The molecule has 9 aromatic carbocycles. The molecule has 11 aromatic rings. The van der Waals surface area contributed by atoms with Gasteiger partial charge in [0.2, 0.25) is 0 Å². The van der Waals surface area contributed by atoms with Crippen LogP contribution < -0.4 is 0 Å². The van der Waals surface area contributed by atoms with Crippen molar-refractivity contribution in [1.29, 1.82) is 0 Å². The van der Waals surface area contributed by atoms with Crippen LogP contribution in [0.5, 0.6) is 0 Å². The molecule has 0 aliphatic heterocycles. The number of pyridine rings is 2. The quantitative estimate of drug-likeness (QED) is 0.165. The van der Waals surface area contributed by atoms with Crippen molar-refractivity contribution in [2.24, 2.45) is 0 Å². The summed E-state index contributed by atoms with van der Waals surface area (Å²) < 4.78 is 0. The van der Waals surface area contributed by atoms with Gasteiger partial charge in [0, 0.05) is 46.4 Å².